The predicted octanol–water partition coefficient (Wildman–Crippen LogP) is 3.49. The topological polar surface area (TPSA) is 35.2 Å². The Morgan fingerprint density at radius 1 is 1.10 bits per heavy atom. The molecule has 0 bridgehead atoms. The molecular weight excluding hydrogens is 267 g/mol. The first-order valence-electron chi connectivity index (χ1n) is 6.07. The van der Waals surface area contributed by atoms with Gasteiger partial charge in [-0.3, -0.25) is 0 Å². The van der Waals surface area contributed by atoms with Gasteiger partial charge in [-0.25, -0.2) is 13.2 Å². The van der Waals surface area contributed by atoms with Crippen LogP contribution in [0.15, 0.2) is 36.4 Å². The molecule has 106 valence electrons. The van der Waals surface area contributed by atoms with E-state index in [0.29, 0.717) is 11.3 Å². The van der Waals surface area contributed by atoms with Crippen molar-refractivity contribution >= 4 is 0 Å². The van der Waals surface area contributed by atoms with Gasteiger partial charge >= 0.3 is 0 Å². The Labute approximate surface area is 115 Å². The minimum absolute atomic E-state index is 0.0255. The molecule has 0 aliphatic carbocycles. The van der Waals surface area contributed by atoms with Gasteiger partial charge < -0.3 is 10.5 Å². The van der Waals surface area contributed by atoms with Crippen LogP contribution in [0.4, 0.5) is 13.2 Å². The summed E-state index contributed by atoms with van der Waals surface area (Å²) in [6, 6.07) is 7.33. The number of hydrogen-bond acceptors (Lipinski definition) is 2. The summed E-state index contributed by atoms with van der Waals surface area (Å²) in [5.74, 6) is -2.05. The summed E-state index contributed by atoms with van der Waals surface area (Å²) in [6.07, 6.45) is 0. The van der Waals surface area contributed by atoms with Gasteiger partial charge in [0, 0.05) is 11.6 Å². The van der Waals surface area contributed by atoms with Crippen LogP contribution < -0.4 is 10.5 Å². The molecule has 0 heterocycles. The maximum atomic E-state index is 13.5. The minimum Gasteiger partial charge on any atom is -0.492 e. The SMILES string of the molecule is Cc1ccc(OCC(N)c2cccc(F)c2F)cc1F. The highest BCUT2D eigenvalue weighted by Gasteiger charge is 2.15. The molecule has 0 aromatic heterocycles. The van der Waals surface area contributed by atoms with Gasteiger partial charge in [0.2, 0.25) is 0 Å². The molecule has 0 aliphatic rings. The number of aryl methyl sites for hydroxylation is 1. The standard InChI is InChI=1S/C15H14F3NO/c1-9-5-6-10(7-13(9)17)20-8-14(19)11-3-2-4-12(16)15(11)18/h2-7,14H,8,19H2,1H3. The Bertz CT molecular complexity index is 616. The predicted molar refractivity (Wildman–Crippen MR) is 69.9 cm³/mol. The van der Waals surface area contributed by atoms with Crippen LogP contribution in [0.2, 0.25) is 0 Å². The summed E-state index contributed by atoms with van der Waals surface area (Å²) in [7, 11) is 0. The maximum absolute atomic E-state index is 13.5. The monoisotopic (exact) mass is 281 g/mol. The number of ether oxygens (including phenoxy) is 1. The average molecular weight is 281 g/mol. The molecule has 2 aromatic rings. The van der Waals surface area contributed by atoms with Crippen molar-refractivity contribution in [3.05, 3.63) is 65.0 Å². The third kappa shape index (κ3) is 3.11. The lowest BCUT2D eigenvalue weighted by Gasteiger charge is -2.14. The van der Waals surface area contributed by atoms with Crippen molar-refractivity contribution in [3.8, 4) is 5.75 Å². The first-order chi connectivity index (χ1) is 9.49. The molecule has 0 spiro atoms. The minimum atomic E-state index is -0.987. The lowest BCUT2D eigenvalue weighted by atomic mass is 10.1. The van der Waals surface area contributed by atoms with Crippen molar-refractivity contribution in [3.63, 3.8) is 0 Å². The van der Waals surface area contributed by atoms with Gasteiger partial charge in [-0.2, -0.15) is 0 Å². The normalized spacial score (nSPS) is 12.2. The summed E-state index contributed by atoms with van der Waals surface area (Å²) in [5, 5.41) is 0. The first-order valence-corrected chi connectivity index (χ1v) is 6.07. The van der Waals surface area contributed by atoms with Crippen molar-refractivity contribution in [2.24, 2.45) is 5.73 Å². The molecule has 20 heavy (non-hydrogen) atoms. The summed E-state index contributed by atoms with van der Waals surface area (Å²) in [6.45, 7) is 1.55. The van der Waals surface area contributed by atoms with E-state index in [1.807, 2.05) is 0 Å². The van der Waals surface area contributed by atoms with Crippen LogP contribution >= 0.6 is 0 Å². The Morgan fingerprint density at radius 3 is 2.55 bits per heavy atom. The van der Waals surface area contributed by atoms with Crippen LogP contribution in [0.25, 0.3) is 0 Å². The largest absolute Gasteiger partial charge is 0.492 e. The molecule has 2 rings (SSSR count). The molecule has 2 aromatic carbocycles. The fourth-order valence-corrected chi connectivity index (χ4v) is 1.75. The number of hydrogen-bond donors (Lipinski definition) is 1. The second-order valence-corrected chi connectivity index (χ2v) is 4.47. The molecule has 0 radical (unpaired) electrons. The molecule has 0 saturated carbocycles. The Kier molecular flexibility index (Phi) is 4.29. The zero-order valence-electron chi connectivity index (χ0n) is 10.9. The van der Waals surface area contributed by atoms with Crippen LogP contribution in [-0.2, 0) is 0 Å². The maximum Gasteiger partial charge on any atom is 0.163 e. The molecular formula is C15H14F3NO. The van der Waals surface area contributed by atoms with Gasteiger partial charge in [0.05, 0.1) is 6.04 Å². The van der Waals surface area contributed by atoms with Crippen molar-refractivity contribution in [1.29, 1.82) is 0 Å². The number of halogens is 3. The van der Waals surface area contributed by atoms with Crippen LogP contribution in [-0.4, -0.2) is 6.61 Å². The fraction of sp³-hybridized carbons (Fsp3) is 0.200. The van der Waals surface area contributed by atoms with E-state index in [2.05, 4.69) is 0 Å². The molecule has 2 N–H and O–H groups in total. The number of benzene rings is 2. The molecule has 5 heteroatoms. The molecule has 0 amide bonds. The van der Waals surface area contributed by atoms with Gasteiger partial charge in [-0.1, -0.05) is 18.2 Å². The Balaban J connectivity index is 2.06. The molecule has 1 unspecified atom stereocenters. The molecule has 0 fully saturated rings. The Morgan fingerprint density at radius 2 is 1.85 bits per heavy atom. The molecule has 1 atom stereocenters. The van der Waals surface area contributed by atoms with Gasteiger partial charge in [-0.05, 0) is 24.6 Å². The van der Waals surface area contributed by atoms with E-state index < -0.39 is 23.5 Å². The lowest BCUT2D eigenvalue weighted by molar-refractivity contribution is 0.285. The van der Waals surface area contributed by atoms with Crippen molar-refractivity contribution in [1.82, 2.24) is 0 Å². The highest BCUT2D eigenvalue weighted by Crippen LogP contribution is 2.20. The average Bonchev–Trinajstić information content (AvgIpc) is 2.43. The van der Waals surface area contributed by atoms with E-state index in [1.54, 1.807) is 19.1 Å². The van der Waals surface area contributed by atoms with Crippen LogP contribution in [0, 0.1) is 24.4 Å². The van der Waals surface area contributed by atoms with Crippen molar-refractivity contribution in [2.75, 3.05) is 6.61 Å². The van der Waals surface area contributed by atoms with Gasteiger partial charge in [-0.15, -0.1) is 0 Å². The van der Waals surface area contributed by atoms with Gasteiger partial charge in [0.1, 0.15) is 18.2 Å². The van der Waals surface area contributed by atoms with Crippen LogP contribution in [0.1, 0.15) is 17.2 Å². The molecule has 2 nitrogen and oxygen atoms in total. The van der Waals surface area contributed by atoms with Crippen LogP contribution in [0.5, 0.6) is 5.75 Å². The fourth-order valence-electron chi connectivity index (χ4n) is 1.75. The van der Waals surface area contributed by atoms with E-state index in [0.717, 1.165) is 6.07 Å². The number of nitrogens with two attached hydrogens (primary N) is 1. The van der Waals surface area contributed by atoms with E-state index in [9.17, 15) is 13.2 Å². The van der Waals surface area contributed by atoms with Crippen LogP contribution in [0.3, 0.4) is 0 Å². The summed E-state index contributed by atoms with van der Waals surface area (Å²) >= 11 is 0. The Hall–Kier alpha value is -2.01. The second kappa shape index (κ2) is 5.96. The summed E-state index contributed by atoms with van der Waals surface area (Å²) in [4.78, 5) is 0. The van der Waals surface area contributed by atoms with Crippen molar-refractivity contribution < 1.29 is 17.9 Å². The second-order valence-electron chi connectivity index (χ2n) is 4.47. The smallest absolute Gasteiger partial charge is 0.163 e. The lowest BCUT2D eigenvalue weighted by Crippen LogP contribution is -2.20. The summed E-state index contributed by atoms with van der Waals surface area (Å²) < 4.78 is 45.2. The van der Waals surface area contributed by atoms with E-state index in [-0.39, 0.29) is 12.2 Å². The zero-order valence-corrected chi connectivity index (χ0v) is 10.9. The summed E-state index contributed by atoms with van der Waals surface area (Å²) in [5.41, 5.74) is 6.28. The quantitative estimate of drug-likeness (QED) is 0.931. The number of rotatable bonds is 4. The van der Waals surface area contributed by atoms with E-state index in [1.165, 1.54) is 18.2 Å². The third-order valence-electron chi connectivity index (χ3n) is 2.95. The third-order valence-corrected chi connectivity index (χ3v) is 2.95. The van der Waals surface area contributed by atoms with E-state index in [4.69, 9.17) is 10.5 Å². The van der Waals surface area contributed by atoms with Crippen molar-refractivity contribution in [2.45, 2.75) is 13.0 Å². The van der Waals surface area contributed by atoms with E-state index >= 15 is 0 Å². The first kappa shape index (κ1) is 14.4. The molecule has 0 saturated heterocycles. The highest BCUT2D eigenvalue weighted by molar-refractivity contribution is 5.28. The molecule has 0 aliphatic heterocycles. The van der Waals surface area contributed by atoms with Gasteiger partial charge in [0.25, 0.3) is 0 Å². The zero-order chi connectivity index (χ0) is 14.7. The van der Waals surface area contributed by atoms with Gasteiger partial charge in [0.15, 0.2) is 11.6 Å². The highest BCUT2D eigenvalue weighted by atomic mass is 19.2.